The average Bonchev–Trinajstić information content (AvgIpc) is 2.47. The molecule has 0 fully saturated rings. The number of hydrogen-bond acceptors (Lipinski definition) is 2. The number of hydrogen-bond donors (Lipinski definition) is 0. The Morgan fingerprint density at radius 3 is 1.45 bits per heavy atom. The van der Waals surface area contributed by atoms with Crippen LogP contribution in [0, 0.1) is 13.8 Å². The second-order valence-electron chi connectivity index (χ2n) is 4.99. The molecule has 0 heterocycles. The molecule has 0 aliphatic heterocycles. The molecule has 0 atom stereocenters. The Hall–Kier alpha value is -1.96. The second kappa shape index (κ2) is 6.47. The smallest absolute Gasteiger partial charge is 0.122 e. The van der Waals surface area contributed by atoms with Crippen LogP contribution in [0.15, 0.2) is 36.4 Å². The molecule has 0 aliphatic rings. The highest BCUT2D eigenvalue weighted by Gasteiger charge is 2.07. The molecule has 0 saturated heterocycles. The molecule has 0 saturated carbocycles. The molecule has 2 rings (SSSR count). The van der Waals surface area contributed by atoms with Crippen LogP contribution in [-0.2, 0) is 12.8 Å². The highest BCUT2D eigenvalue weighted by atomic mass is 16.5. The highest BCUT2D eigenvalue weighted by molar-refractivity contribution is 5.42. The van der Waals surface area contributed by atoms with E-state index in [1.54, 1.807) is 14.2 Å². The predicted molar refractivity (Wildman–Crippen MR) is 82.9 cm³/mol. The second-order valence-corrected chi connectivity index (χ2v) is 4.99. The van der Waals surface area contributed by atoms with E-state index in [1.165, 1.54) is 22.3 Å². The molecule has 2 heteroatoms. The van der Waals surface area contributed by atoms with Gasteiger partial charge in [-0.2, -0.15) is 0 Å². The molecule has 0 bridgehead atoms. The van der Waals surface area contributed by atoms with E-state index in [0.717, 1.165) is 24.3 Å². The van der Waals surface area contributed by atoms with Crippen molar-refractivity contribution < 1.29 is 9.47 Å². The summed E-state index contributed by atoms with van der Waals surface area (Å²) in [6.07, 6.45) is 2.02. The van der Waals surface area contributed by atoms with Crippen LogP contribution < -0.4 is 9.47 Å². The van der Waals surface area contributed by atoms with Gasteiger partial charge in [0.15, 0.2) is 0 Å². The van der Waals surface area contributed by atoms with E-state index < -0.39 is 0 Å². The average molecular weight is 270 g/mol. The maximum Gasteiger partial charge on any atom is 0.122 e. The third kappa shape index (κ3) is 2.96. The molecule has 0 spiro atoms. The normalized spacial score (nSPS) is 10.4. The lowest BCUT2D eigenvalue weighted by Gasteiger charge is -2.12. The maximum absolute atomic E-state index is 5.38. The Balaban J connectivity index is 2.17. The summed E-state index contributed by atoms with van der Waals surface area (Å²) < 4.78 is 10.8. The van der Waals surface area contributed by atoms with E-state index in [4.69, 9.17) is 9.47 Å². The first-order valence-corrected chi connectivity index (χ1v) is 6.92. The van der Waals surface area contributed by atoms with Gasteiger partial charge in [0.05, 0.1) is 14.2 Å². The quantitative estimate of drug-likeness (QED) is 0.814. The molecule has 0 aliphatic carbocycles. The summed E-state index contributed by atoms with van der Waals surface area (Å²) in [6, 6.07) is 12.5. The Labute approximate surface area is 121 Å². The summed E-state index contributed by atoms with van der Waals surface area (Å²) in [5, 5.41) is 0. The topological polar surface area (TPSA) is 18.5 Å². The fraction of sp³-hybridized carbons (Fsp3) is 0.333. The molecule has 0 N–H and O–H groups in total. The van der Waals surface area contributed by atoms with Gasteiger partial charge in [0.2, 0.25) is 0 Å². The Morgan fingerprint density at radius 1 is 0.700 bits per heavy atom. The van der Waals surface area contributed by atoms with Crippen LogP contribution >= 0.6 is 0 Å². The number of methoxy groups -OCH3 is 2. The zero-order chi connectivity index (χ0) is 14.5. The molecule has 2 aromatic rings. The van der Waals surface area contributed by atoms with Crippen LogP contribution in [0.5, 0.6) is 11.5 Å². The van der Waals surface area contributed by atoms with Crippen LogP contribution in [0.25, 0.3) is 0 Å². The van der Waals surface area contributed by atoms with Crippen molar-refractivity contribution >= 4 is 0 Å². The van der Waals surface area contributed by atoms with Gasteiger partial charge in [0.1, 0.15) is 11.5 Å². The summed E-state index contributed by atoms with van der Waals surface area (Å²) in [6.45, 7) is 4.24. The van der Waals surface area contributed by atoms with E-state index in [1.807, 2.05) is 12.1 Å². The SMILES string of the molecule is COc1cccc(CCc2cccc(OC)c2C)c1C. The van der Waals surface area contributed by atoms with E-state index in [-0.39, 0.29) is 0 Å². The molecule has 2 nitrogen and oxygen atoms in total. The number of rotatable bonds is 5. The van der Waals surface area contributed by atoms with Crippen LogP contribution in [0.4, 0.5) is 0 Å². The maximum atomic E-state index is 5.38. The van der Waals surface area contributed by atoms with Gasteiger partial charge in [-0.3, -0.25) is 0 Å². The largest absolute Gasteiger partial charge is 0.496 e. The Morgan fingerprint density at radius 2 is 1.10 bits per heavy atom. The van der Waals surface area contributed by atoms with Crippen LogP contribution in [0.2, 0.25) is 0 Å². The van der Waals surface area contributed by atoms with Gasteiger partial charge in [0, 0.05) is 0 Å². The molecule has 0 radical (unpaired) electrons. The summed E-state index contributed by atoms with van der Waals surface area (Å²) in [7, 11) is 3.44. The zero-order valence-electron chi connectivity index (χ0n) is 12.7. The minimum Gasteiger partial charge on any atom is -0.496 e. The van der Waals surface area contributed by atoms with E-state index >= 15 is 0 Å². The monoisotopic (exact) mass is 270 g/mol. The van der Waals surface area contributed by atoms with Gasteiger partial charge in [-0.05, 0) is 61.1 Å². The Kier molecular flexibility index (Phi) is 4.67. The van der Waals surface area contributed by atoms with Gasteiger partial charge in [-0.15, -0.1) is 0 Å². The molecule has 20 heavy (non-hydrogen) atoms. The summed E-state index contributed by atoms with van der Waals surface area (Å²) >= 11 is 0. The van der Waals surface area contributed by atoms with E-state index in [0.29, 0.717) is 0 Å². The molecule has 2 aromatic carbocycles. The molecular formula is C18H22O2. The van der Waals surface area contributed by atoms with Crippen molar-refractivity contribution in [3.8, 4) is 11.5 Å². The van der Waals surface area contributed by atoms with Gasteiger partial charge in [-0.1, -0.05) is 24.3 Å². The van der Waals surface area contributed by atoms with Crippen LogP contribution in [0.1, 0.15) is 22.3 Å². The van der Waals surface area contributed by atoms with Crippen molar-refractivity contribution in [3.63, 3.8) is 0 Å². The van der Waals surface area contributed by atoms with Crippen LogP contribution in [-0.4, -0.2) is 14.2 Å². The highest BCUT2D eigenvalue weighted by Crippen LogP contribution is 2.25. The number of aryl methyl sites for hydroxylation is 2. The number of benzene rings is 2. The van der Waals surface area contributed by atoms with Gasteiger partial charge < -0.3 is 9.47 Å². The van der Waals surface area contributed by atoms with E-state index in [9.17, 15) is 0 Å². The lowest BCUT2D eigenvalue weighted by atomic mass is 9.97. The molecule has 0 aromatic heterocycles. The lowest BCUT2D eigenvalue weighted by molar-refractivity contribution is 0.410. The summed E-state index contributed by atoms with van der Waals surface area (Å²) in [5.74, 6) is 1.93. The van der Waals surface area contributed by atoms with Crippen LogP contribution in [0.3, 0.4) is 0 Å². The van der Waals surface area contributed by atoms with E-state index in [2.05, 4.69) is 38.1 Å². The van der Waals surface area contributed by atoms with Crippen molar-refractivity contribution in [2.45, 2.75) is 26.7 Å². The van der Waals surface area contributed by atoms with Crippen molar-refractivity contribution in [1.82, 2.24) is 0 Å². The zero-order valence-corrected chi connectivity index (χ0v) is 12.7. The van der Waals surface area contributed by atoms with Gasteiger partial charge in [-0.25, -0.2) is 0 Å². The van der Waals surface area contributed by atoms with Gasteiger partial charge in [0.25, 0.3) is 0 Å². The predicted octanol–water partition coefficient (Wildman–Crippen LogP) is 4.11. The number of ether oxygens (including phenoxy) is 2. The molecular weight excluding hydrogens is 248 g/mol. The van der Waals surface area contributed by atoms with Crippen molar-refractivity contribution in [3.05, 3.63) is 58.7 Å². The first kappa shape index (κ1) is 14.4. The fourth-order valence-electron chi connectivity index (χ4n) is 2.57. The minimum atomic E-state index is 0.963. The Bertz CT molecular complexity index is 534. The minimum absolute atomic E-state index is 0.963. The summed E-state index contributed by atoms with van der Waals surface area (Å²) in [5.41, 5.74) is 5.14. The third-order valence-corrected chi connectivity index (χ3v) is 3.90. The first-order valence-electron chi connectivity index (χ1n) is 6.92. The molecule has 0 amide bonds. The summed E-state index contributed by atoms with van der Waals surface area (Å²) in [4.78, 5) is 0. The van der Waals surface area contributed by atoms with Crippen molar-refractivity contribution in [2.75, 3.05) is 14.2 Å². The van der Waals surface area contributed by atoms with Crippen molar-refractivity contribution in [2.24, 2.45) is 0 Å². The van der Waals surface area contributed by atoms with Gasteiger partial charge >= 0.3 is 0 Å². The third-order valence-electron chi connectivity index (χ3n) is 3.90. The molecule has 0 unspecified atom stereocenters. The van der Waals surface area contributed by atoms with Crippen molar-refractivity contribution in [1.29, 1.82) is 0 Å². The molecule has 106 valence electrons. The lowest BCUT2D eigenvalue weighted by Crippen LogP contribution is -1.99. The standard InChI is InChI=1S/C18H22O2/c1-13-15(7-5-9-17(13)19-3)11-12-16-8-6-10-18(20-4)14(16)2/h5-10H,11-12H2,1-4H3. The first-order chi connectivity index (χ1) is 9.67. The fourth-order valence-corrected chi connectivity index (χ4v) is 2.57.